The number of nitrogens with one attached hydrogen (secondary N) is 2. The van der Waals surface area contributed by atoms with Crippen molar-refractivity contribution in [3.05, 3.63) is 0 Å². The zero-order chi connectivity index (χ0) is 29.9. The Morgan fingerprint density at radius 1 is 0.600 bits per heavy atom. The third-order valence-electron chi connectivity index (χ3n) is 6.90. The van der Waals surface area contributed by atoms with Crippen molar-refractivity contribution in [2.45, 2.75) is 106 Å². The van der Waals surface area contributed by atoms with Crippen molar-refractivity contribution in [3.63, 3.8) is 0 Å². The van der Waals surface area contributed by atoms with Crippen LogP contribution in [-0.4, -0.2) is 170 Å². The molecule has 3 heterocycles. The molecule has 0 aromatic rings. The fourth-order valence-electron chi connectivity index (χ4n) is 4.87. The van der Waals surface area contributed by atoms with Gasteiger partial charge in [-0.2, -0.15) is 0 Å². The minimum atomic E-state index is -1.93. The van der Waals surface area contributed by atoms with Crippen LogP contribution in [0.4, 0.5) is 0 Å². The topological polar surface area (TPSA) is 286 Å². The standard InChI is InChI=1S/C22H38N2O16/c1-6(28)23-11-15(32)18(9(4-26)36-20(11)35)40-22-17(34)16(33)19(10(5-27)38-22)39-21-12(24-7(2)29)14(31)13(30)8(3-25)37-21/h8-22,25-27,30-35H,3-5H2,1-2H3,(H,23,28)(H,24,29)/t8-,9-,10-,11-,12-,13-,14-,15-,16-,17-,18-,19+,20?,21+,22+/m1/s1. The van der Waals surface area contributed by atoms with Crippen LogP contribution in [0, 0.1) is 0 Å². The SMILES string of the molecule is CC(=O)N[C@H]1[C@H](O[C@@H]2[C@H](O)[C@@H](O)[C@H](O[C@H]3[C@H](O)[C@@H](NC(C)=O)C(O)O[C@@H]3CO)O[C@@H]2CO)O[C@H](CO)[C@@H](O)[C@@H]1O. The van der Waals surface area contributed by atoms with E-state index in [-0.39, 0.29) is 0 Å². The predicted molar refractivity (Wildman–Crippen MR) is 124 cm³/mol. The molecule has 0 radical (unpaired) electrons. The molecule has 40 heavy (non-hydrogen) atoms. The second-order valence-corrected chi connectivity index (χ2v) is 9.81. The lowest BCUT2D eigenvalue weighted by atomic mass is 9.94. The molecule has 232 valence electrons. The molecule has 3 aliphatic rings. The summed E-state index contributed by atoms with van der Waals surface area (Å²) in [5, 5.41) is 96.9. The van der Waals surface area contributed by atoms with Crippen LogP contribution in [0.5, 0.6) is 0 Å². The third-order valence-corrected chi connectivity index (χ3v) is 6.90. The Morgan fingerprint density at radius 3 is 1.62 bits per heavy atom. The molecule has 0 saturated carbocycles. The highest BCUT2D eigenvalue weighted by Gasteiger charge is 2.53. The molecule has 15 atom stereocenters. The van der Waals surface area contributed by atoms with Crippen LogP contribution in [0.15, 0.2) is 0 Å². The van der Waals surface area contributed by atoms with Crippen molar-refractivity contribution in [3.8, 4) is 0 Å². The second-order valence-electron chi connectivity index (χ2n) is 9.81. The molecule has 11 N–H and O–H groups in total. The molecule has 0 aromatic carbocycles. The van der Waals surface area contributed by atoms with E-state index >= 15 is 0 Å². The average Bonchev–Trinajstić information content (AvgIpc) is 2.90. The number of amides is 2. The summed E-state index contributed by atoms with van der Waals surface area (Å²) in [7, 11) is 0. The Labute approximate surface area is 228 Å². The summed E-state index contributed by atoms with van der Waals surface area (Å²) >= 11 is 0. The first-order chi connectivity index (χ1) is 18.8. The maximum Gasteiger partial charge on any atom is 0.217 e. The summed E-state index contributed by atoms with van der Waals surface area (Å²) in [6, 6.07) is -2.79. The number of aliphatic hydroxyl groups is 9. The summed E-state index contributed by atoms with van der Waals surface area (Å²) < 4.78 is 27.5. The molecule has 0 spiro atoms. The first-order valence-electron chi connectivity index (χ1n) is 12.6. The number of rotatable bonds is 9. The summed E-state index contributed by atoms with van der Waals surface area (Å²) in [6.45, 7) is -0.106. The zero-order valence-corrected chi connectivity index (χ0v) is 21.7. The fourth-order valence-corrected chi connectivity index (χ4v) is 4.87. The van der Waals surface area contributed by atoms with Gasteiger partial charge in [-0.05, 0) is 0 Å². The highest BCUT2D eigenvalue weighted by atomic mass is 16.7. The van der Waals surface area contributed by atoms with E-state index in [2.05, 4.69) is 10.6 Å². The van der Waals surface area contributed by atoms with Crippen molar-refractivity contribution in [2.24, 2.45) is 0 Å². The van der Waals surface area contributed by atoms with E-state index in [1.165, 1.54) is 0 Å². The lowest BCUT2D eigenvalue weighted by Gasteiger charge is -2.48. The molecule has 18 nitrogen and oxygen atoms in total. The zero-order valence-electron chi connectivity index (χ0n) is 21.7. The minimum Gasteiger partial charge on any atom is -0.394 e. The first kappa shape index (κ1) is 32.9. The molecule has 3 aliphatic heterocycles. The molecule has 0 bridgehead atoms. The number of hydrogen-bond acceptors (Lipinski definition) is 16. The molecule has 0 aromatic heterocycles. The van der Waals surface area contributed by atoms with E-state index in [0.29, 0.717) is 0 Å². The van der Waals surface area contributed by atoms with E-state index in [4.69, 9.17) is 23.7 Å². The van der Waals surface area contributed by atoms with Crippen molar-refractivity contribution < 1.29 is 79.2 Å². The highest BCUT2D eigenvalue weighted by molar-refractivity contribution is 5.73. The Bertz CT molecular complexity index is 852. The minimum absolute atomic E-state index is 0.624. The van der Waals surface area contributed by atoms with Crippen molar-refractivity contribution >= 4 is 11.8 Å². The lowest BCUT2D eigenvalue weighted by Crippen LogP contribution is -2.69. The molecule has 2 amide bonds. The largest absolute Gasteiger partial charge is 0.394 e. The molecular weight excluding hydrogens is 548 g/mol. The fraction of sp³-hybridized carbons (Fsp3) is 0.909. The van der Waals surface area contributed by atoms with Gasteiger partial charge in [-0.3, -0.25) is 9.59 Å². The maximum atomic E-state index is 11.7. The molecule has 18 heteroatoms. The number of carbonyl (C=O) groups is 2. The van der Waals surface area contributed by atoms with Gasteiger partial charge in [0.1, 0.15) is 73.1 Å². The van der Waals surface area contributed by atoms with E-state index in [1.54, 1.807) is 0 Å². The Hall–Kier alpha value is -1.62. The van der Waals surface area contributed by atoms with Crippen LogP contribution in [0.25, 0.3) is 0 Å². The van der Waals surface area contributed by atoms with E-state index in [1.807, 2.05) is 0 Å². The molecule has 3 fully saturated rings. The quantitative estimate of drug-likeness (QED) is 0.120. The van der Waals surface area contributed by atoms with Gasteiger partial charge in [0.15, 0.2) is 18.9 Å². The summed E-state index contributed by atoms with van der Waals surface area (Å²) in [4.78, 5) is 23.2. The van der Waals surface area contributed by atoms with Gasteiger partial charge in [0.05, 0.1) is 19.8 Å². The van der Waals surface area contributed by atoms with Crippen molar-refractivity contribution in [2.75, 3.05) is 19.8 Å². The maximum absolute atomic E-state index is 11.7. The summed E-state index contributed by atoms with van der Waals surface area (Å²) in [5.41, 5.74) is 0. The van der Waals surface area contributed by atoms with Crippen molar-refractivity contribution in [1.82, 2.24) is 10.6 Å². The lowest BCUT2D eigenvalue weighted by molar-refractivity contribution is -0.366. The average molecular weight is 587 g/mol. The van der Waals surface area contributed by atoms with Crippen LogP contribution in [0.2, 0.25) is 0 Å². The van der Waals surface area contributed by atoms with Crippen LogP contribution < -0.4 is 10.6 Å². The molecule has 0 aliphatic carbocycles. The molecule has 3 saturated heterocycles. The van der Waals surface area contributed by atoms with E-state index in [9.17, 15) is 55.5 Å². The predicted octanol–water partition coefficient (Wildman–Crippen LogP) is -7.29. The first-order valence-corrected chi connectivity index (χ1v) is 12.6. The Kier molecular flexibility index (Phi) is 11.5. The van der Waals surface area contributed by atoms with Gasteiger partial charge in [0.2, 0.25) is 11.8 Å². The van der Waals surface area contributed by atoms with Gasteiger partial charge >= 0.3 is 0 Å². The van der Waals surface area contributed by atoms with Gasteiger partial charge in [-0.15, -0.1) is 0 Å². The third kappa shape index (κ3) is 7.05. The second kappa shape index (κ2) is 14.0. The molecule has 3 rings (SSSR count). The Balaban J connectivity index is 1.78. The van der Waals surface area contributed by atoms with Gasteiger partial charge in [0.25, 0.3) is 0 Å². The number of aliphatic hydroxyl groups excluding tert-OH is 9. The smallest absolute Gasteiger partial charge is 0.217 e. The Morgan fingerprint density at radius 2 is 1.07 bits per heavy atom. The highest BCUT2D eigenvalue weighted by Crippen LogP contribution is 2.32. The van der Waals surface area contributed by atoms with Crippen molar-refractivity contribution in [1.29, 1.82) is 0 Å². The van der Waals surface area contributed by atoms with E-state index < -0.39 is 124 Å². The molecular formula is C22H38N2O16. The number of ether oxygens (including phenoxy) is 5. The van der Waals surface area contributed by atoms with E-state index in [0.717, 1.165) is 13.8 Å². The normalized spacial score (nSPS) is 46.0. The van der Waals surface area contributed by atoms with Gasteiger partial charge < -0.3 is 80.3 Å². The van der Waals surface area contributed by atoms with Crippen LogP contribution in [0.3, 0.4) is 0 Å². The summed E-state index contributed by atoms with van der Waals surface area (Å²) in [5.74, 6) is -1.26. The van der Waals surface area contributed by atoms with Gasteiger partial charge in [0, 0.05) is 13.8 Å². The van der Waals surface area contributed by atoms with Crippen LogP contribution in [0.1, 0.15) is 13.8 Å². The van der Waals surface area contributed by atoms with Crippen LogP contribution in [-0.2, 0) is 33.3 Å². The van der Waals surface area contributed by atoms with Gasteiger partial charge in [-0.1, -0.05) is 0 Å². The number of hydrogen-bond donors (Lipinski definition) is 11. The summed E-state index contributed by atoms with van der Waals surface area (Å²) in [6.07, 6.45) is -21.1. The number of carbonyl (C=O) groups excluding carboxylic acids is 2. The van der Waals surface area contributed by atoms with Gasteiger partial charge in [-0.25, -0.2) is 0 Å². The monoisotopic (exact) mass is 586 g/mol. The van der Waals surface area contributed by atoms with Crippen LogP contribution >= 0.6 is 0 Å². The molecule has 1 unspecified atom stereocenters.